The molecule has 3 rings (SSSR count). The maximum Gasteiger partial charge on any atom is 0.327 e. The summed E-state index contributed by atoms with van der Waals surface area (Å²) in [6.07, 6.45) is 1.48. The summed E-state index contributed by atoms with van der Waals surface area (Å²) in [6.45, 7) is 2.20. The molecule has 0 saturated carbocycles. The third-order valence-electron chi connectivity index (χ3n) is 4.35. The predicted octanol–water partition coefficient (Wildman–Crippen LogP) is 0.405. The largest absolute Gasteiger partial charge is 0.467 e. The molecule has 4 amide bonds. The standard InChI is InChI=1S/C19H20N4O5/c1-12-4-6-14(7-5-12)23-11-13(9-16(23)24)17(25)21-22-19(27)18(26)20-10-15-3-2-8-28-15/h2-8,13H,9-11H2,1H3,(H,20,26)(H,21,25)(H,22,27)/t13-/m0/s1. The molecule has 1 fully saturated rings. The number of rotatable bonds is 4. The minimum atomic E-state index is -1.01. The van der Waals surface area contributed by atoms with Crippen molar-refractivity contribution in [1.29, 1.82) is 0 Å². The van der Waals surface area contributed by atoms with Crippen molar-refractivity contribution in [2.75, 3.05) is 11.4 Å². The fraction of sp³-hybridized carbons (Fsp3) is 0.263. The zero-order valence-electron chi connectivity index (χ0n) is 15.2. The van der Waals surface area contributed by atoms with Gasteiger partial charge in [0.2, 0.25) is 11.8 Å². The van der Waals surface area contributed by atoms with Crippen LogP contribution in [0.1, 0.15) is 17.7 Å². The lowest BCUT2D eigenvalue weighted by molar-refractivity contribution is -0.141. The van der Waals surface area contributed by atoms with Crippen LogP contribution in [0.3, 0.4) is 0 Å². The number of aryl methyl sites for hydroxylation is 1. The highest BCUT2D eigenvalue weighted by molar-refractivity contribution is 6.35. The molecule has 1 saturated heterocycles. The average Bonchev–Trinajstić information content (AvgIpc) is 3.34. The topological polar surface area (TPSA) is 121 Å². The van der Waals surface area contributed by atoms with Gasteiger partial charge < -0.3 is 14.6 Å². The Morgan fingerprint density at radius 3 is 2.54 bits per heavy atom. The first-order chi connectivity index (χ1) is 13.4. The molecule has 1 atom stereocenters. The van der Waals surface area contributed by atoms with Gasteiger partial charge in [0.25, 0.3) is 0 Å². The van der Waals surface area contributed by atoms with Crippen molar-refractivity contribution in [3.63, 3.8) is 0 Å². The number of carbonyl (C=O) groups excluding carboxylic acids is 4. The Labute approximate surface area is 161 Å². The van der Waals surface area contributed by atoms with Crippen LogP contribution in [-0.4, -0.2) is 30.2 Å². The first-order valence-corrected chi connectivity index (χ1v) is 8.71. The van der Waals surface area contributed by atoms with E-state index in [-0.39, 0.29) is 25.4 Å². The first kappa shape index (κ1) is 19.2. The predicted molar refractivity (Wildman–Crippen MR) is 98.5 cm³/mol. The Kier molecular flexibility index (Phi) is 5.73. The first-order valence-electron chi connectivity index (χ1n) is 8.71. The molecule has 0 spiro atoms. The highest BCUT2D eigenvalue weighted by Gasteiger charge is 2.35. The normalized spacial score (nSPS) is 16.0. The molecule has 3 N–H and O–H groups in total. The van der Waals surface area contributed by atoms with Crippen LogP contribution in [0.2, 0.25) is 0 Å². The van der Waals surface area contributed by atoms with Crippen molar-refractivity contribution in [1.82, 2.24) is 16.2 Å². The van der Waals surface area contributed by atoms with Crippen LogP contribution in [0.25, 0.3) is 0 Å². The Morgan fingerprint density at radius 2 is 1.86 bits per heavy atom. The van der Waals surface area contributed by atoms with Crippen LogP contribution in [0, 0.1) is 12.8 Å². The monoisotopic (exact) mass is 384 g/mol. The van der Waals surface area contributed by atoms with E-state index in [1.54, 1.807) is 12.1 Å². The number of nitrogens with one attached hydrogen (secondary N) is 3. The lowest BCUT2D eigenvalue weighted by Crippen LogP contribution is -2.50. The van der Waals surface area contributed by atoms with Gasteiger partial charge in [-0.25, -0.2) is 0 Å². The summed E-state index contributed by atoms with van der Waals surface area (Å²) in [5, 5.41) is 2.36. The highest BCUT2D eigenvalue weighted by Crippen LogP contribution is 2.25. The number of furan rings is 1. The zero-order chi connectivity index (χ0) is 20.1. The molecule has 146 valence electrons. The van der Waals surface area contributed by atoms with Crippen LogP contribution in [-0.2, 0) is 25.7 Å². The van der Waals surface area contributed by atoms with Crippen LogP contribution in [0.4, 0.5) is 5.69 Å². The van der Waals surface area contributed by atoms with Crippen molar-refractivity contribution in [2.45, 2.75) is 19.9 Å². The highest BCUT2D eigenvalue weighted by atomic mass is 16.3. The Balaban J connectivity index is 1.46. The van der Waals surface area contributed by atoms with E-state index < -0.39 is 23.6 Å². The summed E-state index contributed by atoms with van der Waals surface area (Å²) in [5.41, 5.74) is 6.04. The second-order valence-electron chi connectivity index (χ2n) is 6.45. The Hall–Kier alpha value is -3.62. The van der Waals surface area contributed by atoms with Gasteiger partial charge in [-0.2, -0.15) is 0 Å². The molecular weight excluding hydrogens is 364 g/mol. The van der Waals surface area contributed by atoms with Gasteiger partial charge in [0.05, 0.1) is 18.7 Å². The molecule has 1 aromatic heterocycles. The molecule has 28 heavy (non-hydrogen) atoms. The van der Waals surface area contributed by atoms with E-state index in [2.05, 4.69) is 16.2 Å². The molecule has 1 aliphatic rings. The van der Waals surface area contributed by atoms with E-state index in [0.717, 1.165) is 5.56 Å². The molecule has 0 aliphatic carbocycles. The van der Waals surface area contributed by atoms with E-state index in [4.69, 9.17) is 4.42 Å². The van der Waals surface area contributed by atoms with Gasteiger partial charge in [0, 0.05) is 18.7 Å². The van der Waals surface area contributed by atoms with Gasteiger partial charge in [-0.3, -0.25) is 30.0 Å². The fourth-order valence-corrected chi connectivity index (χ4v) is 2.80. The molecule has 2 heterocycles. The number of amides is 4. The van der Waals surface area contributed by atoms with Crippen molar-refractivity contribution in [3.8, 4) is 0 Å². The van der Waals surface area contributed by atoms with Gasteiger partial charge in [-0.15, -0.1) is 0 Å². The third kappa shape index (κ3) is 4.56. The second-order valence-corrected chi connectivity index (χ2v) is 6.45. The number of anilines is 1. The number of carbonyl (C=O) groups is 4. The number of hydrogen-bond acceptors (Lipinski definition) is 5. The fourth-order valence-electron chi connectivity index (χ4n) is 2.80. The van der Waals surface area contributed by atoms with Crippen molar-refractivity contribution >= 4 is 29.3 Å². The molecule has 9 nitrogen and oxygen atoms in total. The molecule has 0 bridgehead atoms. The van der Waals surface area contributed by atoms with Gasteiger partial charge in [0.15, 0.2) is 0 Å². The van der Waals surface area contributed by atoms with E-state index >= 15 is 0 Å². The lowest BCUT2D eigenvalue weighted by atomic mass is 10.1. The summed E-state index contributed by atoms with van der Waals surface area (Å²) in [5.74, 6) is -2.77. The van der Waals surface area contributed by atoms with Gasteiger partial charge in [0.1, 0.15) is 5.76 Å². The molecule has 9 heteroatoms. The minimum absolute atomic E-state index is 0.0280. The summed E-state index contributed by atoms with van der Waals surface area (Å²) in [6, 6.07) is 10.7. The van der Waals surface area contributed by atoms with Gasteiger partial charge >= 0.3 is 11.8 Å². The molecule has 1 aromatic carbocycles. The molecule has 0 radical (unpaired) electrons. The quantitative estimate of drug-likeness (QED) is 0.521. The minimum Gasteiger partial charge on any atom is -0.467 e. The number of hydrogen-bond donors (Lipinski definition) is 3. The van der Waals surface area contributed by atoms with Gasteiger partial charge in [-0.1, -0.05) is 17.7 Å². The molecule has 2 aromatic rings. The van der Waals surface area contributed by atoms with E-state index in [1.165, 1.54) is 11.2 Å². The summed E-state index contributed by atoms with van der Waals surface area (Å²) < 4.78 is 5.04. The van der Waals surface area contributed by atoms with Crippen LogP contribution in [0.5, 0.6) is 0 Å². The van der Waals surface area contributed by atoms with Crippen LogP contribution >= 0.6 is 0 Å². The van der Waals surface area contributed by atoms with Gasteiger partial charge in [-0.05, 0) is 31.2 Å². The Morgan fingerprint density at radius 1 is 1.11 bits per heavy atom. The average molecular weight is 384 g/mol. The number of benzene rings is 1. The summed E-state index contributed by atoms with van der Waals surface area (Å²) in [7, 11) is 0. The number of nitrogens with zero attached hydrogens (tertiary/aromatic N) is 1. The molecule has 0 unspecified atom stereocenters. The lowest BCUT2D eigenvalue weighted by Gasteiger charge is -2.17. The third-order valence-corrected chi connectivity index (χ3v) is 4.35. The maximum atomic E-state index is 12.2. The second kappa shape index (κ2) is 8.38. The smallest absolute Gasteiger partial charge is 0.327 e. The van der Waals surface area contributed by atoms with Crippen molar-refractivity contribution < 1.29 is 23.6 Å². The van der Waals surface area contributed by atoms with Crippen LogP contribution in [0.15, 0.2) is 47.1 Å². The van der Waals surface area contributed by atoms with Crippen molar-refractivity contribution in [2.24, 2.45) is 5.92 Å². The van der Waals surface area contributed by atoms with E-state index in [9.17, 15) is 19.2 Å². The van der Waals surface area contributed by atoms with E-state index in [0.29, 0.717) is 11.4 Å². The van der Waals surface area contributed by atoms with Crippen molar-refractivity contribution in [3.05, 3.63) is 54.0 Å². The SMILES string of the molecule is Cc1ccc(N2C[C@@H](C(=O)NNC(=O)C(=O)NCc3ccco3)CC2=O)cc1. The summed E-state index contributed by atoms with van der Waals surface area (Å²) >= 11 is 0. The van der Waals surface area contributed by atoms with E-state index in [1.807, 2.05) is 31.2 Å². The maximum absolute atomic E-state index is 12.2. The number of hydrazine groups is 1. The Bertz CT molecular complexity index is 876. The van der Waals surface area contributed by atoms with Crippen LogP contribution < -0.4 is 21.1 Å². The zero-order valence-corrected chi connectivity index (χ0v) is 15.2. The molecule has 1 aliphatic heterocycles. The molecular formula is C19H20N4O5. The summed E-state index contributed by atoms with van der Waals surface area (Å²) in [4.78, 5) is 49.4.